The Kier molecular flexibility index (Phi) is 7.91. The SMILES string of the molecule is CN=C(NCC(C)COCc1ccccc1)N1CC(C)C(C(=O)OC)C1. The third-order valence-corrected chi connectivity index (χ3v) is 4.75. The van der Waals surface area contributed by atoms with E-state index in [0.29, 0.717) is 25.7 Å². The highest BCUT2D eigenvalue weighted by molar-refractivity contribution is 5.82. The Balaban J connectivity index is 1.73. The van der Waals surface area contributed by atoms with E-state index < -0.39 is 0 Å². The van der Waals surface area contributed by atoms with Crippen molar-refractivity contribution in [1.29, 1.82) is 0 Å². The summed E-state index contributed by atoms with van der Waals surface area (Å²) in [6.45, 7) is 7.76. The molecule has 0 radical (unpaired) electrons. The molecule has 0 aliphatic carbocycles. The van der Waals surface area contributed by atoms with E-state index in [9.17, 15) is 4.79 Å². The van der Waals surface area contributed by atoms with Gasteiger partial charge in [0, 0.05) is 26.7 Å². The maximum Gasteiger partial charge on any atom is 0.310 e. The number of carbonyl (C=O) groups excluding carboxylic acids is 1. The van der Waals surface area contributed by atoms with Gasteiger partial charge in [0.05, 0.1) is 26.2 Å². The minimum Gasteiger partial charge on any atom is -0.469 e. The van der Waals surface area contributed by atoms with Gasteiger partial charge >= 0.3 is 5.97 Å². The van der Waals surface area contributed by atoms with Crippen molar-refractivity contribution < 1.29 is 14.3 Å². The second-order valence-corrected chi connectivity index (χ2v) is 7.05. The number of esters is 1. The molecule has 3 unspecified atom stereocenters. The molecule has 26 heavy (non-hydrogen) atoms. The summed E-state index contributed by atoms with van der Waals surface area (Å²) in [6, 6.07) is 10.2. The number of likely N-dealkylation sites (tertiary alicyclic amines) is 1. The van der Waals surface area contributed by atoms with Gasteiger partial charge in [0.15, 0.2) is 5.96 Å². The quantitative estimate of drug-likeness (QED) is 0.458. The maximum atomic E-state index is 11.9. The van der Waals surface area contributed by atoms with Crippen LogP contribution in [-0.4, -0.2) is 57.2 Å². The summed E-state index contributed by atoms with van der Waals surface area (Å²) in [7, 11) is 3.22. The van der Waals surface area contributed by atoms with Crippen LogP contribution in [0.1, 0.15) is 19.4 Å². The Bertz CT molecular complexity index is 591. The van der Waals surface area contributed by atoms with Crippen LogP contribution in [0.2, 0.25) is 0 Å². The molecule has 3 atom stereocenters. The maximum absolute atomic E-state index is 11.9. The van der Waals surface area contributed by atoms with E-state index in [1.165, 1.54) is 12.7 Å². The number of nitrogens with one attached hydrogen (secondary N) is 1. The van der Waals surface area contributed by atoms with Crippen LogP contribution in [0.15, 0.2) is 35.3 Å². The number of carbonyl (C=O) groups is 1. The number of hydrogen-bond donors (Lipinski definition) is 1. The van der Waals surface area contributed by atoms with E-state index in [1.807, 2.05) is 18.2 Å². The van der Waals surface area contributed by atoms with E-state index in [1.54, 1.807) is 7.05 Å². The number of aliphatic imine (C=N–C) groups is 1. The molecule has 0 saturated carbocycles. The molecule has 1 aromatic rings. The zero-order valence-electron chi connectivity index (χ0n) is 16.3. The summed E-state index contributed by atoms with van der Waals surface area (Å²) >= 11 is 0. The number of benzene rings is 1. The normalized spacial score (nSPS) is 21.5. The van der Waals surface area contributed by atoms with E-state index in [-0.39, 0.29) is 17.8 Å². The minimum atomic E-state index is -0.141. The number of ether oxygens (including phenoxy) is 2. The second kappa shape index (κ2) is 10.2. The predicted molar refractivity (Wildman–Crippen MR) is 103 cm³/mol. The van der Waals surface area contributed by atoms with Crippen molar-refractivity contribution in [3.8, 4) is 0 Å². The van der Waals surface area contributed by atoms with Gasteiger partial charge in [0.1, 0.15) is 0 Å². The number of rotatable bonds is 7. The average molecular weight is 361 g/mol. The van der Waals surface area contributed by atoms with Crippen LogP contribution >= 0.6 is 0 Å². The lowest BCUT2D eigenvalue weighted by atomic mass is 9.99. The molecule has 6 nitrogen and oxygen atoms in total. The predicted octanol–water partition coefficient (Wildman–Crippen LogP) is 2.16. The molecule has 0 bridgehead atoms. The Labute approximate surface area is 156 Å². The van der Waals surface area contributed by atoms with Gasteiger partial charge in [-0.15, -0.1) is 0 Å². The van der Waals surface area contributed by atoms with Crippen molar-refractivity contribution >= 4 is 11.9 Å². The standard InChI is InChI=1S/C20H31N3O3/c1-15(13-26-14-17-8-6-5-7-9-17)10-22-20(21-3)23-11-16(2)18(12-23)19(24)25-4/h5-9,15-16,18H,10-14H2,1-4H3,(H,21,22). The molecular weight excluding hydrogens is 330 g/mol. The first-order valence-electron chi connectivity index (χ1n) is 9.20. The summed E-state index contributed by atoms with van der Waals surface area (Å²) < 4.78 is 10.7. The third kappa shape index (κ3) is 5.73. The Hall–Kier alpha value is -2.08. The largest absolute Gasteiger partial charge is 0.469 e. The van der Waals surface area contributed by atoms with Crippen LogP contribution in [0.3, 0.4) is 0 Å². The summed E-state index contributed by atoms with van der Waals surface area (Å²) in [5.41, 5.74) is 1.18. The van der Waals surface area contributed by atoms with Crippen LogP contribution in [0.4, 0.5) is 0 Å². The van der Waals surface area contributed by atoms with Gasteiger partial charge in [0.25, 0.3) is 0 Å². The number of nitrogens with zero attached hydrogens (tertiary/aromatic N) is 2. The fraction of sp³-hybridized carbons (Fsp3) is 0.600. The summed E-state index contributed by atoms with van der Waals surface area (Å²) in [5.74, 6) is 1.21. The van der Waals surface area contributed by atoms with Gasteiger partial charge in [-0.25, -0.2) is 0 Å². The molecule has 1 aliphatic heterocycles. The molecule has 0 aromatic heterocycles. The number of methoxy groups -OCH3 is 1. The van der Waals surface area contributed by atoms with Crippen molar-refractivity contribution in [2.45, 2.75) is 20.5 Å². The first-order valence-corrected chi connectivity index (χ1v) is 9.20. The van der Waals surface area contributed by atoms with E-state index in [4.69, 9.17) is 9.47 Å². The van der Waals surface area contributed by atoms with Crippen molar-refractivity contribution in [2.75, 3.05) is 40.4 Å². The van der Waals surface area contributed by atoms with E-state index in [2.05, 4.69) is 41.2 Å². The van der Waals surface area contributed by atoms with Gasteiger partial charge in [0.2, 0.25) is 0 Å². The number of hydrogen-bond acceptors (Lipinski definition) is 4. The Morgan fingerprint density at radius 2 is 2.08 bits per heavy atom. The smallest absolute Gasteiger partial charge is 0.310 e. The van der Waals surface area contributed by atoms with Crippen LogP contribution < -0.4 is 5.32 Å². The zero-order valence-corrected chi connectivity index (χ0v) is 16.3. The van der Waals surface area contributed by atoms with E-state index >= 15 is 0 Å². The van der Waals surface area contributed by atoms with Crippen molar-refractivity contribution in [3.63, 3.8) is 0 Å². The molecule has 144 valence electrons. The lowest BCUT2D eigenvalue weighted by Gasteiger charge is -2.23. The second-order valence-electron chi connectivity index (χ2n) is 7.05. The molecule has 0 amide bonds. The third-order valence-electron chi connectivity index (χ3n) is 4.75. The molecule has 1 saturated heterocycles. The van der Waals surface area contributed by atoms with Gasteiger partial charge in [-0.05, 0) is 17.4 Å². The molecular formula is C20H31N3O3. The molecule has 1 heterocycles. The van der Waals surface area contributed by atoms with Crippen LogP contribution in [-0.2, 0) is 20.9 Å². The zero-order chi connectivity index (χ0) is 18.9. The highest BCUT2D eigenvalue weighted by atomic mass is 16.5. The molecule has 1 N–H and O–H groups in total. The molecule has 1 aromatic carbocycles. The number of guanidine groups is 1. The van der Waals surface area contributed by atoms with Crippen molar-refractivity contribution in [3.05, 3.63) is 35.9 Å². The topological polar surface area (TPSA) is 63.2 Å². The van der Waals surface area contributed by atoms with Gasteiger partial charge < -0.3 is 19.7 Å². The summed E-state index contributed by atoms with van der Waals surface area (Å²) in [6.07, 6.45) is 0. The molecule has 0 spiro atoms. The molecule has 6 heteroatoms. The van der Waals surface area contributed by atoms with Crippen molar-refractivity contribution in [1.82, 2.24) is 10.2 Å². The summed E-state index contributed by atoms with van der Waals surface area (Å²) in [5, 5.41) is 3.40. The highest BCUT2D eigenvalue weighted by Crippen LogP contribution is 2.24. The van der Waals surface area contributed by atoms with Crippen molar-refractivity contribution in [2.24, 2.45) is 22.7 Å². The van der Waals surface area contributed by atoms with Gasteiger partial charge in [-0.1, -0.05) is 44.2 Å². The highest BCUT2D eigenvalue weighted by Gasteiger charge is 2.36. The van der Waals surface area contributed by atoms with Crippen LogP contribution in [0, 0.1) is 17.8 Å². The minimum absolute atomic E-state index is 0.0924. The van der Waals surface area contributed by atoms with Gasteiger partial charge in [-0.3, -0.25) is 9.79 Å². The van der Waals surface area contributed by atoms with E-state index in [0.717, 1.165) is 19.0 Å². The molecule has 1 aliphatic rings. The average Bonchev–Trinajstić information content (AvgIpc) is 3.04. The molecule has 1 fully saturated rings. The first-order chi connectivity index (χ1) is 12.5. The van der Waals surface area contributed by atoms with Crippen LogP contribution in [0.5, 0.6) is 0 Å². The fourth-order valence-corrected chi connectivity index (χ4v) is 3.21. The Morgan fingerprint density at radius 1 is 1.35 bits per heavy atom. The fourth-order valence-electron chi connectivity index (χ4n) is 3.21. The summed E-state index contributed by atoms with van der Waals surface area (Å²) in [4.78, 5) is 18.3. The Morgan fingerprint density at radius 3 is 2.73 bits per heavy atom. The van der Waals surface area contributed by atoms with Gasteiger partial charge in [-0.2, -0.15) is 0 Å². The lowest BCUT2D eigenvalue weighted by Crippen LogP contribution is -2.42. The van der Waals surface area contributed by atoms with Crippen LogP contribution in [0.25, 0.3) is 0 Å². The molecule has 2 rings (SSSR count). The monoisotopic (exact) mass is 361 g/mol. The lowest BCUT2D eigenvalue weighted by molar-refractivity contribution is -0.145. The first kappa shape index (κ1) is 20.2.